The van der Waals surface area contributed by atoms with Crippen LogP contribution in [0, 0.1) is 11.8 Å². The maximum Gasteiger partial charge on any atom is 0.310 e. The van der Waals surface area contributed by atoms with Crippen LogP contribution in [0.2, 0.25) is 0 Å². The van der Waals surface area contributed by atoms with E-state index in [0.29, 0.717) is 25.8 Å². The molecule has 3 heterocycles. The summed E-state index contributed by atoms with van der Waals surface area (Å²) in [6.07, 6.45) is 7.48. The molecule has 2 bridgehead atoms. The molecule has 2 unspecified atom stereocenters. The lowest BCUT2D eigenvalue weighted by Gasteiger charge is -2.42. The van der Waals surface area contributed by atoms with Crippen molar-refractivity contribution in [2.45, 2.75) is 81.2 Å². The molecule has 6 atom stereocenters. The number of amides is 2. The maximum atomic E-state index is 14.4. The zero-order valence-electron chi connectivity index (χ0n) is 20.6. The van der Waals surface area contributed by atoms with Gasteiger partial charge in [0.1, 0.15) is 11.6 Å². The topological polar surface area (TPSA) is 107 Å². The summed E-state index contributed by atoms with van der Waals surface area (Å²) in [6, 6.07) is 7.95. The van der Waals surface area contributed by atoms with Gasteiger partial charge in [-0.3, -0.25) is 14.4 Å². The number of aliphatic hydroxyl groups excluding tert-OH is 1. The van der Waals surface area contributed by atoms with Crippen LogP contribution in [-0.2, 0) is 25.5 Å². The first kappa shape index (κ1) is 25.0. The normalized spacial score (nSPS) is 32.4. The summed E-state index contributed by atoms with van der Waals surface area (Å²) < 4.78 is 6.35. The van der Waals surface area contributed by atoms with Crippen molar-refractivity contribution < 1.29 is 29.3 Å². The second-order valence-corrected chi connectivity index (χ2v) is 10.7. The molecule has 5 rings (SSSR count). The largest absolute Gasteiger partial charge is 0.481 e. The number of aliphatic carboxylic acids is 1. The molecule has 1 aliphatic carbocycles. The first-order chi connectivity index (χ1) is 17.4. The van der Waals surface area contributed by atoms with E-state index < -0.39 is 41.6 Å². The van der Waals surface area contributed by atoms with Crippen molar-refractivity contribution in [1.29, 1.82) is 0 Å². The van der Waals surface area contributed by atoms with Crippen LogP contribution >= 0.6 is 0 Å². The molecular formula is C28H36N2O6. The number of rotatable bonds is 9. The van der Waals surface area contributed by atoms with Gasteiger partial charge in [0.2, 0.25) is 11.8 Å². The van der Waals surface area contributed by atoms with Crippen LogP contribution in [-0.4, -0.2) is 80.8 Å². The molecule has 0 radical (unpaired) electrons. The van der Waals surface area contributed by atoms with Crippen LogP contribution in [0.1, 0.15) is 50.5 Å². The first-order valence-corrected chi connectivity index (χ1v) is 13.2. The minimum absolute atomic E-state index is 0.0484. The molecule has 1 spiro atoms. The van der Waals surface area contributed by atoms with Crippen molar-refractivity contribution >= 4 is 17.8 Å². The van der Waals surface area contributed by atoms with Gasteiger partial charge < -0.3 is 24.7 Å². The number of carbonyl (C=O) groups excluding carboxylic acids is 2. The number of aliphatic hydroxyl groups is 1. The Hall–Kier alpha value is -2.71. The third-order valence-electron chi connectivity index (χ3n) is 8.80. The molecule has 2 amide bonds. The van der Waals surface area contributed by atoms with E-state index in [1.165, 1.54) is 4.90 Å². The molecule has 1 saturated carbocycles. The lowest BCUT2D eigenvalue weighted by atomic mass is 9.70. The summed E-state index contributed by atoms with van der Waals surface area (Å²) in [5.74, 6) is -3.57. The van der Waals surface area contributed by atoms with Crippen LogP contribution in [0.5, 0.6) is 0 Å². The third kappa shape index (κ3) is 3.95. The van der Waals surface area contributed by atoms with Gasteiger partial charge in [0.15, 0.2) is 0 Å². The van der Waals surface area contributed by atoms with E-state index >= 15 is 0 Å². The molecule has 3 saturated heterocycles. The lowest BCUT2D eigenvalue weighted by Crippen LogP contribution is -2.60. The summed E-state index contributed by atoms with van der Waals surface area (Å²) in [5.41, 5.74) is -0.250. The number of hydrogen-bond donors (Lipinski definition) is 2. The Morgan fingerprint density at radius 3 is 2.56 bits per heavy atom. The number of likely N-dealkylation sites (tertiary alicyclic amines) is 1. The van der Waals surface area contributed by atoms with Gasteiger partial charge in [0.05, 0.1) is 30.6 Å². The van der Waals surface area contributed by atoms with Crippen molar-refractivity contribution in [3.05, 3.63) is 48.6 Å². The number of carbonyl (C=O) groups is 3. The monoisotopic (exact) mass is 496 g/mol. The SMILES string of the molecule is C=CCN(C(=O)C1N([C@@H](CO)Cc2ccccc2)C(=O)[C@@H]2[C@@H](C(=O)O)[C@H]3CCC12O3)C1CCCCC1. The molecule has 4 aliphatic rings. The molecule has 2 N–H and O–H groups in total. The summed E-state index contributed by atoms with van der Waals surface area (Å²) >= 11 is 0. The summed E-state index contributed by atoms with van der Waals surface area (Å²) in [7, 11) is 0. The van der Waals surface area contributed by atoms with Crippen molar-refractivity contribution in [3.8, 4) is 0 Å². The molecule has 4 fully saturated rings. The van der Waals surface area contributed by atoms with Gasteiger partial charge in [-0.05, 0) is 37.7 Å². The fourth-order valence-corrected chi connectivity index (χ4v) is 7.29. The molecule has 1 aromatic rings. The van der Waals surface area contributed by atoms with Gasteiger partial charge in [-0.1, -0.05) is 55.7 Å². The van der Waals surface area contributed by atoms with Crippen LogP contribution in [0.25, 0.3) is 0 Å². The number of hydrogen-bond acceptors (Lipinski definition) is 5. The van der Waals surface area contributed by atoms with E-state index in [9.17, 15) is 24.6 Å². The van der Waals surface area contributed by atoms with Gasteiger partial charge in [0.25, 0.3) is 0 Å². The lowest BCUT2D eigenvalue weighted by molar-refractivity contribution is -0.154. The summed E-state index contributed by atoms with van der Waals surface area (Å²) in [6.45, 7) is 3.89. The molecule has 0 aromatic heterocycles. The Morgan fingerprint density at radius 2 is 1.92 bits per heavy atom. The summed E-state index contributed by atoms with van der Waals surface area (Å²) in [4.78, 5) is 44.1. The van der Waals surface area contributed by atoms with Gasteiger partial charge in [-0.2, -0.15) is 0 Å². The Morgan fingerprint density at radius 1 is 1.19 bits per heavy atom. The van der Waals surface area contributed by atoms with E-state index in [2.05, 4.69) is 6.58 Å². The van der Waals surface area contributed by atoms with Crippen molar-refractivity contribution in [3.63, 3.8) is 0 Å². The van der Waals surface area contributed by atoms with Gasteiger partial charge in [-0.15, -0.1) is 6.58 Å². The smallest absolute Gasteiger partial charge is 0.310 e. The predicted octanol–water partition coefficient (Wildman–Crippen LogP) is 2.40. The highest BCUT2D eigenvalue weighted by atomic mass is 16.5. The maximum absolute atomic E-state index is 14.4. The Kier molecular flexibility index (Phi) is 6.92. The minimum Gasteiger partial charge on any atom is -0.481 e. The van der Waals surface area contributed by atoms with E-state index in [4.69, 9.17) is 4.74 Å². The van der Waals surface area contributed by atoms with Gasteiger partial charge in [-0.25, -0.2) is 0 Å². The molecule has 3 aliphatic heterocycles. The number of benzene rings is 1. The number of carboxylic acid groups (broad SMARTS) is 1. The van der Waals surface area contributed by atoms with Gasteiger partial charge in [0, 0.05) is 12.6 Å². The van der Waals surface area contributed by atoms with E-state index in [1.807, 2.05) is 35.2 Å². The third-order valence-corrected chi connectivity index (χ3v) is 8.80. The molecule has 1 aromatic carbocycles. The van der Waals surface area contributed by atoms with E-state index in [-0.39, 0.29) is 24.5 Å². The molecule has 194 valence electrons. The molecule has 36 heavy (non-hydrogen) atoms. The van der Waals surface area contributed by atoms with Crippen LogP contribution in [0.3, 0.4) is 0 Å². The Balaban J connectivity index is 1.56. The number of carboxylic acids is 1. The molecular weight excluding hydrogens is 460 g/mol. The highest BCUT2D eigenvalue weighted by Crippen LogP contribution is 2.59. The fourth-order valence-electron chi connectivity index (χ4n) is 7.29. The average Bonchev–Trinajstić information content (AvgIpc) is 3.54. The average molecular weight is 497 g/mol. The summed E-state index contributed by atoms with van der Waals surface area (Å²) in [5, 5.41) is 20.5. The van der Waals surface area contributed by atoms with Crippen LogP contribution < -0.4 is 0 Å². The number of fused-ring (bicyclic) bond motifs is 1. The Bertz CT molecular complexity index is 1010. The highest BCUT2D eigenvalue weighted by Gasteiger charge is 2.75. The van der Waals surface area contributed by atoms with Gasteiger partial charge >= 0.3 is 5.97 Å². The standard InChI is InChI=1S/C28H36N2O6/c1-2-15-29(19-11-7-4-8-12-19)26(33)24-28-14-13-21(36-28)22(27(34)35)23(28)25(32)30(24)20(17-31)16-18-9-5-3-6-10-18/h2-3,5-6,9-10,19-24,31H,1,4,7-8,11-17H2,(H,34,35)/t20-,21-,22+,23+,24?,28?/m1/s1. The first-order valence-electron chi connectivity index (χ1n) is 13.2. The Labute approximate surface area is 211 Å². The number of ether oxygens (including phenoxy) is 1. The quantitative estimate of drug-likeness (QED) is 0.509. The van der Waals surface area contributed by atoms with Crippen LogP contribution in [0.4, 0.5) is 0 Å². The second kappa shape index (κ2) is 9.98. The minimum atomic E-state index is -1.18. The molecule has 8 heteroatoms. The zero-order valence-corrected chi connectivity index (χ0v) is 20.6. The van der Waals surface area contributed by atoms with E-state index in [1.54, 1.807) is 6.08 Å². The zero-order chi connectivity index (χ0) is 25.4. The highest BCUT2D eigenvalue weighted by molar-refractivity contribution is 5.98. The fraction of sp³-hybridized carbons (Fsp3) is 0.607. The van der Waals surface area contributed by atoms with Crippen molar-refractivity contribution in [2.24, 2.45) is 11.8 Å². The molecule has 8 nitrogen and oxygen atoms in total. The van der Waals surface area contributed by atoms with E-state index in [0.717, 1.165) is 37.7 Å². The van der Waals surface area contributed by atoms with Crippen LogP contribution in [0.15, 0.2) is 43.0 Å². The predicted molar refractivity (Wildman–Crippen MR) is 132 cm³/mol. The van der Waals surface area contributed by atoms with Crippen molar-refractivity contribution in [2.75, 3.05) is 13.2 Å². The second-order valence-electron chi connectivity index (χ2n) is 10.7. The number of nitrogens with zero attached hydrogens (tertiary/aromatic N) is 2. The van der Waals surface area contributed by atoms with Crippen molar-refractivity contribution in [1.82, 2.24) is 9.80 Å².